The Morgan fingerprint density at radius 1 is 1.30 bits per heavy atom. The molecule has 2 aromatic rings. The van der Waals surface area contributed by atoms with E-state index < -0.39 is 6.09 Å². The zero-order chi connectivity index (χ0) is 14.5. The summed E-state index contributed by atoms with van der Waals surface area (Å²) in [6.45, 7) is 2.25. The fraction of sp³-hybridized carbons (Fsp3) is 0.133. The molecule has 0 spiro atoms. The van der Waals surface area contributed by atoms with Gasteiger partial charge in [-0.05, 0) is 68.7 Å². The van der Waals surface area contributed by atoms with E-state index in [1.54, 1.807) is 0 Å². The van der Waals surface area contributed by atoms with Gasteiger partial charge in [-0.1, -0.05) is 30.3 Å². The van der Waals surface area contributed by atoms with E-state index in [9.17, 15) is 4.79 Å². The maximum atomic E-state index is 11.8. The summed E-state index contributed by atoms with van der Waals surface area (Å²) in [6, 6.07) is 13.5. The fourth-order valence-corrected chi connectivity index (χ4v) is 2.96. The number of carbonyl (C=O) groups is 1. The van der Waals surface area contributed by atoms with Gasteiger partial charge in [0.15, 0.2) is 0 Å². The van der Waals surface area contributed by atoms with Gasteiger partial charge in [0.05, 0.1) is 5.69 Å². The van der Waals surface area contributed by atoms with Crippen molar-refractivity contribution >= 4 is 50.3 Å². The molecule has 2 rings (SSSR count). The van der Waals surface area contributed by atoms with Crippen LogP contribution in [0.25, 0.3) is 0 Å². The van der Waals surface area contributed by atoms with Crippen molar-refractivity contribution in [3.8, 4) is 0 Å². The summed E-state index contributed by atoms with van der Waals surface area (Å²) in [5, 5.41) is 2.74. The molecule has 0 aliphatic heterocycles. The van der Waals surface area contributed by atoms with Crippen LogP contribution in [0.15, 0.2) is 46.9 Å². The van der Waals surface area contributed by atoms with Crippen molar-refractivity contribution in [1.29, 1.82) is 0 Å². The third-order valence-corrected chi connectivity index (χ3v) is 4.52. The van der Waals surface area contributed by atoms with Crippen LogP contribution in [0.5, 0.6) is 0 Å². The summed E-state index contributed by atoms with van der Waals surface area (Å²) >= 11 is 5.68. The molecule has 5 heteroatoms. The number of halogens is 2. The first kappa shape index (κ1) is 15.3. The topological polar surface area (TPSA) is 38.3 Å². The van der Waals surface area contributed by atoms with Crippen molar-refractivity contribution in [2.75, 3.05) is 5.32 Å². The molecule has 1 N–H and O–H groups in total. The summed E-state index contributed by atoms with van der Waals surface area (Å²) in [4.78, 5) is 11.8. The summed E-state index contributed by atoms with van der Waals surface area (Å²) in [6.07, 6.45) is -0.463. The van der Waals surface area contributed by atoms with Gasteiger partial charge in [0.2, 0.25) is 0 Å². The fourth-order valence-electron chi connectivity index (χ4n) is 1.62. The lowest BCUT2D eigenvalue weighted by Gasteiger charge is -2.10. The quantitative estimate of drug-likeness (QED) is 0.666. The third kappa shape index (κ3) is 4.21. The molecule has 3 nitrogen and oxygen atoms in total. The highest BCUT2D eigenvalue weighted by Gasteiger charge is 2.08. The molecule has 104 valence electrons. The van der Waals surface area contributed by atoms with E-state index in [4.69, 9.17) is 4.74 Å². The largest absolute Gasteiger partial charge is 0.444 e. The molecule has 0 radical (unpaired) electrons. The summed E-state index contributed by atoms with van der Waals surface area (Å²) < 4.78 is 7.16. The van der Waals surface area contributed by atoms with Crippen LogP contribution in [0.3, 0.4) is 0 Å². The van der Waals surface area contributed by atoms with Crippen molar-refractivity contribution in [2.45, 2.75) is 13.5 Å². The van der Waals surface area contributed by atoms with Gasteiger partial charge < -0.3 is 4.74 Å². The Balaban J connectivity index is 1.97. The van der Waals surface area contributed by atoms with Crippen LogP contribution in [0.2, 0.25) is 0 Å². The molecule has 2 aromatic carbocycles. The number of benzene rings is 2. The van der Waals surface area contributed by atoms with E-state index in [1.165, 1.54) is 0 Å². The maximum absolute atomic E-state index is 11.8. The summed E-state index contributed by atoms with van der Waals surface area (Å²) in [7, 11) is 0. The molecule has 0 saturated carbocycles. The van der Waals surface area contributed by atoms with Crippen molar-refractivity contribution in [1.82, 2.24) is 0 Å². The van der Waals surface area contributed by atoms with E-state index in [2.05, 4.69) is 43.8 Å². The normalized spacial score (nSPS) is 10.2. The van der Waals surface area contributed by atoms with Gasteiger partial charge >= 0.3 is 6.09 Å². The average Bonchev–Trinajstić information content (AvgIpc) is 2.44. The SMILES string of the molecule is Cc1cc(NC(=O)OCc2ccccc2)c(Br)cc1I. The van der Waals surface area contributed by atoms with Gasteiger partial charge in [-0.2, -0.15) is 0 Å². The highest BCUT2D eigenvalue weighted by Crippen LogP contribution is 2.27. The average molecular weight is 446 g/mol. The molecule has 0 aliphatic carbocycles. The van der Waals surface area contributed by atoms with Crippen molar-refractivity contribution < 1.29 is 9.53 Å². The van der Waals surface area contributed by atoms with Crippen LogP contribution in [0.1, 0.15) is 11.1 Å². The number of hydrogen-bond acceptors (Lipinski definition) is 2. The van der Waals surface area contributed by atoms with Crippen molar-refractivity contribution in [3.05, 3.63) is 61.6 Å². The lowest BCUT2D eigenvalue weighted by Crippen LogP contribution is -2.14. The van der Waals surface area contributed by atoms with Crippen LogP contribution in [-0.2, 0) is 11.3 Å². The molecule has 0 fully saturated rings. The minimum Gasteiger partial charge on any atom is -0.444 e. The lowest BCUT2D eigenvalue weighted by molar-refractivity contribution is 0.155. The molecule has 0 aliphatic rings. The first-order chi connectivity index (χ1) is 9.56. The van der Waals surface area contributed by atoms with Crippen LogP contribution in [0.4, 0.5) is 10.5 Å². The Bertz CT molecular complexity index is 617. The van der Waals surface area contributed by atoms with Crippen LogP contribution in [0, 0.1) is 10.5 Å². The highest BCUT2D eigenvalue weighted by atomic mass is 127. The predicted molar refractivity (Wildman–Crippen MR) is 91.8 cm³/mol. The lowest BCUT2D eigenvalue weighted by atomic mass is 10.2. The maximum Gasteiger partial charge on any atom is 0.411 e. The van der Waals surface area contributed by atoms with Crippen molar-refractivity contribution in [3.63, 3.8) is 0 Å². The van der Waals surface area contributed by atoms with E-state index in [0.29, 0.717) is 5.69 Å². The third-order valence-electron chi connectivity index (χ3n) is 2.70. The smallest absolute Gasteiger partial charge is 0.411 e. The number of ether oxygens (including phenoxy) is 1. The van der Waals surface area contributed by atoms with E-state index in [1.807, 2.05) is 49.4 Å². The first-order valence-corrected chi connectivity index (χ1v) is 7.87. The number of carbonyl (C=O) groups excluding carboxylic acids is 1. The van der Waals surface area contributed by atoms with Gasteiger partial charge in [-0.25, -0.2) is 4.79 Å². The Kier molecular flexibility index (Phi) is 5.42. The standard InChI is InChI=1S/C15H13BrINO2/c1-10-7-14(12(16)8-13(10)17)18-15(19)20-9-11-5-3-2-4-6-11/h2-8H,9H2,1H3,(H,18,19). The molecule has 0 heterocycles. The zero-order valence-electron chi connectivity index (χ0n) is 10.8. The van der Waals surface area contributed by atoms with Gasteiger partial charge in [-0.3, -0.25) is 5.32 Å². The minimum atomic E-state index is -0.463. The second kappa shape index (κ2) is 7.08. The molecule has 20 heavy (non-hydrogen) atoms. The molecular weight excluding hydrogens is 433 g/mol. The number of rotatable bonds is 3. The Labute approximate surface area is 140 Å². The Morgan fingerprint density at radius 3 is 2.70 bits per heavy atom. The number of amides is 1. The van der Waals surface area contributed by atoms with E-state index in [0.717, 1.165) is 19.2 Å². The molecule has 0 saturated heterocycles. The van der Waals surface area contributed by atoms with Crippen LogP contribution >= 0.6 is 38.5 Å². The molecule has 0 bridgehead atoms. The van der Waals surface area contributed by atoms with Gasteiger partial charge in [-0.15, -0.1) is 0 Å². The summed E-state index contributed by atoms with van der Waals surface area (Å²) in [5.74, 6) is 0. The second-order valence-electron chi connectivity index (χ2n) is 4.27. The molecule has 1 amide bonds. The second-order valence-corrected chi connectivity index (χ2v) is 6.28. The first-order valence-electron chi connectivity index (χ1n) is 5.99. The molecule has 0 atom stereocenters. The van der Waals surface area contributed by atoms with Crippen molar-refractivity contribution in [2.24, 2.45) is 0 Å². The number of nitrogens with one attached hydrogen (secondary N) is 1. The van der Waals surface area contributed by atoms with Gasteiger partial charge in [0.25, 0.3) is 0 Å². The summed E-state index contributed by atoms with van der Waals surface area (Å²) in [5.41, 5.74) is 2.77. The van der Waals surface area contributed by atoms with Gasteiger partial charge in [0, 0.05) is 8.04 Å². The number of hydrogen-bond donors (Lipinski definition) is 1. The van der Waals surface area contributed by atoms with Crippen LogP contribution < -0.4 is 5.32 Å². The molecule has 0 aromatic heterocycles. The molecular formula is C15H13BrINO2. The van der Waals surface area contributed by atoms with Gasteiger partial charge in [0.1, 0.15) is 6.61 Å². The number of aryl methyl sites for hydroxylation is 1. The number of anilines is 1. The molecule has 0 unspecified atom stereocenters. The van der Waals surface area contributed by atoms with E-state index in [-0.39, 0.29) is 6.61 Å². The highest BCUT2D eigenvalue weighted by molar-refractivity contribution is 14.1. The Morgan fingerprint density at radius 2 is 2.00 bits per heavy atom. The monoisotopic (exact) mass is 445 g/mol. The van der Waals surface area contributed by atoms with Crippen LogP contribution in [-0.4, -0.2) is 6.09 Å². The van der Waals surface area contributed by atoms with E-state index >= 15 is 0 Å². The minimum absolute atomic E-state index is 0.258. The Hall–Kier alpha value is -1.08. The zero-order valence-corrected chi connectivity index (χ0v) is 14.6. The predicted octanol–water partition coefficient (Wildman–Crippen LogP) is 5.11.